The molecule has 31 heavy (non-hydrogen) atoms. The van der Waals surface area contributed by atoms with E-state index >= 15 is 0 Å². The fourth-order valence-electron chi connectivity index (χ4n) is 4.85. The van der Waals surface area contributed by atoms with Crippen molar-refractivity contribution >= 4 is 11.5 Å². The molecule has 2 aromatic rings. The molecule has 0 aromatic heterocycles. The minimum absolute atomic E-state index is 0.200. The largest absolute Gasteiger partial charge is 0.382 e. The van der Waals surface area contributed by atoms with Gasteiger partial charge in [0.2, 0.25) is 0 Å². The van der Waals surface area contributed by atoms with Crippen molar-refractivity contribution in [1.82, 2.24) is 0 Å². The molecule has 2 aromatic carbocycles. The Kier molecular flexibility index (Phi) is 5.63. The Morgan fingerprint density at radius 2 is 1.81 bits per heavy atom. The fourth-order valence-corrected chi connectivity index (χ4v) is 4.85. The van der Waals surface area contributed by atoms with Crippen molar-refractivity contribution in [3.63, 3.8) is 0 Å². The number of aliphatic imine (C=N–C) groups is 2. The standard InChI is InChI=1S/C25H27FN4O/c1-15-4-5-18(19-10-17(14-27)11-21(26)12-19)13-23(15)25(29-16(2)24(28)30-25)20-6-8-22(31-3)9-7-20/h4-5,10-13,20,22H,6-9H2,1-3H3,(H2,28,30). The first-order chi connectivity index (χ1) is 14.9. The molecule has 1 heterocycles. The topological polar surface area (TPSA) is 83.8 Å². The molecule has 0 spiro atoms. The molecule has 0 amide bonds. The Morgan fingerprint density at radius 1 is 1.06 bits per heavy atom. The molecule has 1 fully saturated rings. The number of methoxy groups -OCH3 is 1. The van der Waals surface area contributed by atoms with Crippen molar-refractivity contribution < 1.29 is 9.13 Å². The SMILES string of the molecule is COC1CCC(C2(c3cc(-c4cc(F)cc(C#N)c4)ccc3C)N=C(C)C(N)=N2)CC1. The van der Waals surface area contributed by atoms with Gasteiger partial charge in [-0.15, -0.1) is 0 Å². The van der Waals surface area contributed by atoms with E-state index in [4.69, 9.17) is 20.5 Å². The fraction of sp³-hybridized carbons (Fsp3) is 0.400. The predicted molar refractivity (Wildman–Crippen MR) is 120 cm³/mol. The molecule has 0 bridgehead atoms. The van der Waals surface area contributed by atoms with Crippen LogP contribution in [0.4, 0.5) is 4.39 Å². The maximum Gasteiger partial charge on any atom is 0.181 e. The number of nitrogens with two attached hydrogens (primary N) is 1. The summed E-state index contributed by atoms with van der Waals surface area (Å²) in [5, 5.41) is 9.24. The van der Waals surface area contributed by atoms with Crippen LogP contribution in [0, 0.1) is 30.0 Å². The van der Waals surface area contributed by atoms with Crippen LogP contribution in [0.15, 0.2) is 46.4 Å². The molecule has 1 saturated carbocycles. The lowest BCUT2D eigenvalue weighted by atomic mass is 9.74. The summed E-state index contributed by atoms with van der Waals surface area (Å²) in [5.41, 5.74) is 10.0. The molecular formula is C25H27FN4O. The van der Waals surface area contributed by atoms with Gasteiger partial charge in [0.05, 0.1) is 23.4 Å². The van der Waals surface area contributed by atoms with E-state index in [1.54, 1.807) is 13.2 Å². The number of benzene rings is 2. The third-order valence-corrected chi connectivity index (χ3v) is 6.57. The molecule has 2 aliphatic rings. The number of ether oxygens (including phenoxy) is 1. The predicted octanol–water partition coefficient (Wildman–Crippen LogP) is 4.86. The van der Waals surface area contributed by atoms with Gasteiger partial charge in [-0.3, -0.25) is 4.99 Å². The monoisotopic (exact) mass is 418 g/mol. The number of aryl methyl sites for hydroxylation is 1. The smallest absolute Gasteiger partial charge is 0.181 e. The number of hydrogen-bond donors (Lipinski definition) is 1. The van der Waals surface area contributed by atoms with E-state index in [-0.39, 0.29) is 12.0 Å². The maximum absolute atomic E-state index is 14.1. The zero-order chi connectivity index (χ0) is 22.2. The van der Waals surface area contributed by atoms with Gasteiger partial charge < -0.3 is 10.5 Å². The molecule has 0 radical (unpaired) electrons. The van der Waals surface area contributed by atoms with Crippen LogP contribution >= 0.6 is 0 Å². The second-order valence-corrected chi connectivity index (χ2v) is 8.50. The maximum atomic E-state index is 14.1. The highest BCUT2D eigenvalue weighted by Crippen LogP contribution is 2.47. The number of hydrogen-bond acceptors (Lipinski definition) is 5. The lowest BCUT2D eigenvalue weighted by Crippen LogP contribution is -2.36. The van der Waals surface area contributed by atoms with E-state index in [1.165, 1.54) is 12.1 Å². The molecule has 4 rings (SSSR count). The number of rotatable bonds is 4. The molecule has 6 heteroatoms. The number of nitriles is 1. The minimum Gasteiger partial charge on any atom is -0.382 e. The van der Waals surface area contributed by atoms with Crippen LogP contribution in [0.3, 0.4) is 0 Å². The number of nitrogens with zero attached hydrogens (tertiary/aromatic N) is 3. The zero-order valence-corrected chi connectivity index (χ0v) is 18.2. The molecule has 160 valence electrons. The first-order valence-corrected chi connectivity index (χ1v) is 10.6. The summed E-state index contributed by atoms with van der Waals surface area (Å²) in [6, 6.07) is 12.4. The average molecular weight is 419 g/mol. The van der Waals surface area contributed by atoms with Gasteiger partial charge in [0.15, 0.2) is 5.66 Å². The van der Waals surface area contributed by atoms with Crippen LogP contribution in [0.1, 0.15) is 49.3 Å². The summed E-state index contributed by atoms with van der Waals surface area (Å²) in [4.78, 5) is 9.93. The second kappa shape index (κ2) is 8.24. The van der Waals surface area contributed by atoms with Gasteiger partial charge in [-0.1, -0.05) is 12.1 Å². The van der Waals surface area contributed by atoms with Crippen molar-refractivity contribution in [3.8, 4) is 17.2 Å². The van der Waals surface area contributed by atoms with Gasteiger partial charge in [-0.25, -0.2) is 9.38 Å². The molecule has 1 aliphatic heterocycles. The second-order valence-electron chi connectivity index (χ2n) is 8.50. The lowest BCUT2D eigenvalue weighted by Gasteiger charge is -2.38. The van der Waals surface area contributed by atoms with Gasteiger partial charge in [-0.05, 0) is 80.5 Å². The molecule has 5 nitrogen and oxygen atoms in total. The molecule has 1 aliphatic carbocycles. The normalized spacial score (nSPS) is 25.6. The highest BCUT2D eigenvalue weighted by Gasteiger charge is 2.46. The van der Waals surface area contributed by atoms with E-state index in [9.17, 15) is 9.65 Å². The summed E-state index contributed by atoms with van der Waals surface area (Å²) in [5.74, 6) is 0.239. The van der Waals surface area contributed by atoms with Crippen molar-refractivity contribution in [2.75, 3.05) is 7.11 Å². The van der Waals surface area contributed by atoms with E-state index in [1.807, 2.05) is 38.1 Å². The Labute approximate surface area is 182 Å². The quantitative estimate of drug-likeness (QED) is 0.769. The third-order valence-electron chi connectivity index (χ3n) is 6.57. The average Bonchev–Trinajstić information content (AvgIpc) is 3.08. The van der Waals surface area contributed by atoms with Crippen LogP contribution < -0.4 is 5.73 Å². The third kappa shape index (κ3) is 3.86. The summed E-state index contributed by atoms with van der Waals surface area (Å²) in [6.45, 7) is 3.94. The Bertz CT molecular complexity index is 1090. The van der Waals surface area contributed by atoms with Gasteiger partial charge in [0, 0.05) is 18.6 Å². The molecule has 1 atom stereocenters. The Hall–Kier alpha value is -3.04. The van der Waals surface area contributed by atoms with Crippen LogP contribution in [-0.4, -0.2) is 24.8 Å². The molecule has 0 saturated heterocycles. The van der Waals surface area contributed by atoms with Crippen molar-refractivity contribution in [2.24, 2.45) is 21.6 Å². The van der Waals surface area contributed by atoms with E-state index in [0.29, 0.717) is 17.0 Å². The highest BCUT2D eigenvalue weighted by molar-refractivity contribution is 6.41. The van der Waals surface area contributed by atoms with Crippen molar-refractivity contribution in [1.29, 1.82) is 5.26 Å². The summed E-state index contributed by atoms with van der Waals surface area (Å²) >= 11 is 0. The summed E-state index contributed by atoms with van der Waals surface area (Å²) in [6.07, 6.45) is 4.07. The van der Waals surface area contributed by atoms with E-state index in [0.717, 1.165) is 48.1 Å². The highest BCUT2D eigenvalue weighted by atomic mass is 19.1. The first kappa shape index (κ1) is 21.2. The lowest BCUT2D eigenvalue weighted by molar-refractivity contribution is 0.0426. The Balaban J connectivity index is 1.83. The van der Waals surface area contributed by atoms with Crippen LogP contribution in [0.25, 0.3) is 11.1 Å². The van der Waals surface area contributed by atoms with Crippen LogP contribution in [0.2, 0.25) is 0 Å². The van der Waals surface area contributed by atoms with Gasteiger partial charge in [-0.2, -0.15) is 5.26 Å². The van der Waals surface area contributed by atoms with Gasteiger partial charge in [0.25, 0.3) is 0 Å². The minimum atomic E-state index is -0.779. The zero-order valence-electron chi connectivity index (χ0n) is 18.2. The van der Waals surface area contributed by atoms with Gasteiger partial charge in [0.1, 0.15) is 11.7 Å². The number of amidine groups is 1. The number of halogens is 1. The summed E-state index contributed by atoms with van der Waals surface area (Å²) < 4.78 is 19.7. The van der Waals surface area contributed by atoms with Gasteiger partial charge >= 0.3 is 0 Å². The van der Waals surface area contributed by atoms with Crippen LogP contribution in [0.5, 0.6) is 0 Å². The summed E-state index contributed by atoms with van der Waals surface area (Å²) in [7, 11) is 1.76. The molecule has 1 unspecified atom stereocenters. The van der Waals surface area contributed by atoms with Crippen LogP contribution in [-0.2, 0) is 10.4 Å². The van der Waals surface area contributed by atoms with E-state index < -0.39 is 11.5 Å². The first-order valence-electron chi connectivity index (χ1n) is 10.6. The van der Waals surface area contributed by atoms with Crippen molar-refractivity contribution in [3.05, 3.63) is 58.9 Å². The Morgan fingerprint density at radius 3 is 2.42 bits per heavy atom. The van der Waals surface area contributed by atoms with Crippen molar-refractivity contribution in [2.45, 2.75) is 51.3 Å². The molecule has 2 N–H and O–H groups in total. The van der Waals surface area contributed by atoms with E-state index in [2.05, 4.69) is 0 Å². The molecular weight excluding hydrogens is 391 g/mol.